The molecule has 0 atom stereocenters. The van der Waals surface area contributed by atoms with Crippen LogP contribution in [0, 0.1) is 5.92 Å². The number of allylic oxidation sites excluding steroid dienone is 1. The molecule has 16 heavy (non-hydrogen) atoms. The van der Waals surface area contributed by atoms with Crippen molar-refractivity contribution in [2.45, 2.75) is 71.8 Å². The molecule has 0 saturated heterocycles. The highest BCUT2D eigenvalue weighted by Crippen LogP contribution is 2.28. The molecule has 0 heterocycles. The molecular formula is C15H29N. The van der Waals surface area contributed by atoms with Crippen LogP contribution in [0.5, 0.6) is 0 Å². The summed E-state index contributed by atoms with van der Waals surface area (Å²) in [6, 6.07) is 0.617. The van der Waals surface area contributed by atoms with Crippen molar-refractivity contribution < 1.29 is 0 Å². The fraction of sp³-hybridized carbons (Fsp3) is 0.867. The van der Waals surface area contributed by atoms with E-state index < -0.39 is 0 Å². The van der Waals surface area contributed by atoms with Crippen molar-refractivity contribution in [2.75, 3.05) is 6.54 Å². The Morgan fingerprint density at radius 1 is 1.19 bits per heavy atom. The average molecular weight is 223 g/mol. The van der Waals surface area contributed by atoms with Crippen LogP contribution in [-0.4, -0.2) is 12.6 Å². The van der Waals surface area contributed by atoms with Gasteiger partial charge in [-0.05, 0) is 38.6 Å². The zero-order valence-corrected chi connectivity index (χ0v) is 11.4. The van der Waals surface area contributed by atoms with Crippen LogP contribution in [0.3, 0.4) is 0 Å². The molecule has 0 amide bonds. The van der Waals surface area contributed by atoms with E-state index in [1.807, 2.05) is 0 Å². The number of rotatable bonds is 5. The minimum Gasteiger partial charge on any atom is -0.314 e. The Hall–Kier alpha value is -0.300. The summed E-state index contributed by atoms with van der Waals surface area (Å²) in [5.74, 6) is 0.890. The molecule has 1 saturated carbocycles. The van der Waals surface area contributed by atoms with E-state index >= 15 is 0 Å². The number of nitrogens with one attached hydrogen (secondary N) is 1. The minimum atomic E-state index is 0.617. The minimum absolute atomic E-state index is 0.617. The van der Waals surface area contributed by atoms with Gasteiger partial charge in [-0.2, -0.15) is 0 Å². The van der Waals surface area contributed by atoms with Gasteiger partial charge in [-0.15, -0.1) is 0 Å². The number of hydrogen-bond donors (Lipinski definition) is 1. The highest BCUT2D eigenvalue weighted by molar-refractivity contribution is 5.04. The predicted molar refractivity (Wildman–Crippen MR) is 72.7 cm³/mol. The Kier molecular flexibility index (Phi) is 6.79. The summed E-state index contributed by atoms with van der Waals surface area (Å²) in [6.45, 7) is 7.89. The second kappa shape index (κ2) is 7.89. The summed E-state index contributed by atoms with van der Waals surface area (Å²) in [5, 5.41) is 3.47. The van der Waals surface area contributed by atoms with Gasteiger partial charge in [-0.25, -0.2) is 0 Å². The molecule has 1 heteroatoms. The van der Waals surface area contributed by atoms with Crippen molar-refractivity contribution in [1.29, 1.82) is 0 Å². The van der Waals surface area contributed by atoms with Crippen LogP contribution in [0.4, 0.5) is 0 Å². The topological polar surface area (TPSA) is 12.0 Å². The molecule has 1 nitrogen and oxygen atoms in total. The second-order valence-corrected chi connectivity index (χ2v) is 5.53. The quantitative estimate of drug-likeness (QED) is 0.416. The summed E-state index contributed by atoms with van der Waals surface area (Å²) in [6.07, 6.45) is 12.3. The van der Waals surface area contributed by atoms with Crippen LogP contribution in [0.2, 0.25) is 0 Å². The average Bonchev–Trinajstić information content (AvgIpc) is 2.52. The van der Waals surface area contributed by atoms with E-state index in [-0.39, 0.29) is 0 Å². The molecule has 0 radical (unpaired) electrons. The number of hydrogen-bond acceptors (Lipinski definition) is 1. The second-order valence-electron chi connectivity index (χ2n) is 5.53. The molecule has 0 aliphatic heterocycles. The summed E-state index contributed by atoms with van der Waals surface area (Å²) in [5.41, 5.74) is 1.65. The molecule has 0 unspecified atom stereocenters. The van der Waals surface area contributed by atoms with E-state index in [4.69, 9.17) is 0 Å². The molecule has 0 spiro atoms. The van der Waals surface area contributed by atoms with Crippen LogP contribution >= 0.6 is 0 Å². The van der Waals surface area contributed by atoms with Crippen LogP contribution < -0.4 is 5.32 Å². The Labute approximate surface area is 102 Å². The van der Waals surface area contributed by atoms with Crippen molar-refractivity contribution in [1.82, 2.24) is 5.32 Å². The first-order valence-corrected chi connectivity index (χ1v) is 7.10. The van der Waals surface area contributed by atoms with Gasteiger partial charge >= 0.3 is 0 Å². The van der Waals surface area contributed by atoms with Crippen LogP contribution in [0.25, 0.3) is 0 Å². The largest absolute Gasteiger partial charge is 0.314 e. The van der Waals surface area contributed by atoms with Gasteiger partial charge in [-0.3, -0.25) is 0 Å². The first-order valence-electron chi connectivity index (χ1n) is 7.10. The van der Waals surface area contributed by atoms with Gasteiger partial charge < -0.3 is 5.32 Å². The first kappa shape index (κ1) is 13.8. The summed E-state index contributed by atoms with van der Waals surface area (Å²) in [7, 11) is 0. The smallest absolute Gasteiger partial charge is 0.00105 e. The lowest BCUT2D eigenvalue weighted by atomic mass is 9.92. The molecule has 1 N–H and O–H groups in total. The standard InChI is InChI=1S/C15H29N/c1-13(2)16-12-8-9-14(3)15-10-6-4-5-7-11-15/h9,13,15-16H,4-8,10-12H2,1-3H3/b14-9-. The molecule has 0 bridgehead atoms. The van der Waals surface area contributed by atoms with E-state index in [0.717, 1.165) is 12.5 Å². The van der Waals surface area contributed by atoms with Crippen molar-refractivity contribution in [2.24, 2.45) is 5.92 Å². The third-order valence-electron chi connectivity index (χ3n) is 3.66. The zero-order valence-electron chi connectivity index (χ0n) is 11.4. The lowest BCUT2D eigenvalue weighted by Gasteiger charge is -2.15. The molecular weight excluding hydrogens is 194 g/mol. The van der Waals surface area contributed by atoms with Crippen molar-refractivity contribution in [3.63, 3.8) is 0 Å². The molecule has 1 aliphatic carbocycles. The molecule has 0 aromatic rings. The van der Waals surface area contributed by atoms with Crippen molar-refractivity contribution in [3.05, 3.63) is 11.6 Å². The molecule has 1 aliphatic rings. The molecule has 94 valence electrons. The van der Waals surface area contributed by atoms with Crippen molar-refractivity contribution in [3.8, 4) is 0 Å². The highest BCUT2D eigenvalue weighted by Gasteiger charge is 2.13. The molecule has 1 rings (SSSR count). The Bertz CT molecular complexity index is 197. The maximum Gasteiger partial charge on any atom is 0.00105 e. The fourth-order valence-electron chi connectivity index (χ4n) is 2.57. The molecule has 0 aromatic heterocycles. The molecule has 1 fully saturated rings. The van der Waals surface area contributed by atoms with Gasteiger partial charge in [0.25, 0.3) is 0 Å². The Balaban J connectivity index is 2.25. The van der Waals surface area contributed by atoms with E-state index in [2.05, 4.69) is 32.2 Å². The highest BCUT2D eigenvalue weighted by atomic mass is 14.9. The summed E-state index contributed by atoms with van der Waals surface area (Å²) in [4.78, 5) is 0. The Morgan fingerprint density at radius 2 is 1.81 bits per heavy atom. The summed E-state index contributed by atoms with van der Waals surface area (Å²) >= 11 is 0. The maximum absolute atomic E-state index is 3.47. The predicted octanol–water partition coefficient (Wildman–Crippen LogP) is 4.29. The zero-order chi connectivity index (χ0) is 11.8. The monoisotopic (exact) mass is 223 g/mol. The van der Waals surface area contributed by atoms with Gasteiger partial charge in [-0.1, -0.05) is 51.2 Å². The van der Waals surface area contributed by atoms with E-state index in [9.17, 15) is 0 Å². The normalized spacial score (nSPS) is 20.1. The SMILES string of the molecule is C/C(=C/CCNC(C)C)C1CCCCCC1. The van der Waals surface area contributed by atoms with Crippen molar-refractivity contribution >= 4 is 0 Å². The fourth-order valence-corrected chi connectivity index (χ4v) is 2.57. The van der Waals surface area contributed by atoms with Gasteiger partial charge in [0.05, 0.1) is 0 Å². The lowest BCUT2D eigenvalue weighted by molar-refractivity contribution is 0.525. The van der Waals surface area contributed by atoms with Gasteiger partial charge in [0, 0.05) is 6.04 Å². The summed E-state index contributed by atoms with van der Waals surface area (Å²) < 4.78 is 0. The van der Waals surface area contributed by atoms with E-state index in [1.54, 1.807) is 5.57 Å². The van der Waals surface area contributed by atoms with Crippen LogP contribution in [0.1, 0.15) is 65.7 Å². The maximum atomic E-state index is 3.47. The van der Waals surface area contributed by atoms with E-state index in [0.29, 0.717) is 6.04 Å². The Morgan fingerprint density at radius 3 is 2.38 bits per heavy atom. The first-order chi connectivity index (χ1) is 7.70. The van der Waals surface area contributed by atoms with E-state index in [1.165, 1.54) is 44.9 Å². The van der Waals surface area contributed by atoms with Gasteiger partial charge in [0.2, 0.25) is 0 Å². The molecule has 0 aromatic carbocycles. The third-order valence-corrected chi connectivity index (χ3v) is 3.66. The van der Waals surface area contributed by atoms with Crippen LogP contribution in [0.15, 0.2) is 11.6 Å². The van der Waals surface area contributed by atoms with Crippen LogP contribution in [-0.2, 0) is 0 Å². The van der Waals surface area contributed by atoms with Gasteiger partial charge in [0.1, 0.15) is 0 Å². The third kappa shape index (κ3) is 5.69. The lowest BCUT2D eigenvalue weighted by Crippen LogP contribution is -2.23. The van der Waals surface area contributed by atoms with Gasteiger partial charge in [0.15, 0.2) is 0 Å².